The van der Waals surface area contributed by atoms with Crippen molar-refractivity contribution in [1.82, 2.24) is 13.7 Å². The molecule has 10 aromatic rings. The van der Waals surface area contributed by atoms with Crippen LogP contribution in [0.5, 0.6) is 11.5 Å². The smallest absolute Gasteiger partial charge is 0.256 e. The number of aryl methyl sites for hydroxylation is 1. The van der Waals surface area contributed by atoms with Crippen LogP contribution >= 0.6 is 0 Å². The van der Waals surface area contributed by atoms with Gasteiger partial charge in [-0.1, -0.05) is 103 Å². The van der Waals surface area contributed by atoms with Gasteiger partial charge >= 0.3 is 0 Å². The molecule has 0 saturated carbocycles. The normalized spacial score (nSPS) is 12.8. The fraction of sp³-hybridized carbons (Fsp3) is 0.0417. The van der Waals surface area contributed by atoms with Gasteiger partial charge in [0.05, 0.1) is 16.7 Å². The lowest BCUT2D eigenvalue weighted by Crippen LogP contribution is -2.58. The zero-order chi connectivity index (χ0) is 34.9. The average Bonchev–Trinajstić information content (AvgIpc) is 3.82. The Kier molecular flexibility index (Phi) is 5.69. The van der Waals surface area contributed by atoms with E-state index in [1.165, 1.54) is 82.6 Å². The highest BCUT2D eigenvalue weighted by Crippen LogP contribution is 2.43. The van der Waals surface area contributed by atoms with Crippen molar-refractivity contribution in [2.45, 2.75) is 6.92 Å². The van der Waals surface area contributed by atoms with E-state index in [4.69, 9.17) is 4.74 Å². The molecule has 2 aliphatic rings. The number of hydrogen-bond donors (Lipinski definition) is 0. The van der Waals surface area contributed by atoms with E-state index in [9.17, 15) is 0 Å². The molecule has 0 fully saturated rings. The van der Waals surface area contributed by atoms with Crippen molar-refractivity contribution < 1.29 is 4.74 Å². The first-order valence-electron chi connectivity index (χ1n) is 18.4. The Labute approximate surface area is 306 Å². The molecule has 0 amide bonds. The highest BCUT2D eigenvalue weighted by atomic mass is 16.5. The van der Waals surface area contributed by atoms with E-state index in [0.717, 1.165) is 28.3 Å². The highest BCUT2D eigenvalue weighted by molar-refractivity contribution is 6.99. The fourth-order valence-corrected chi connectivity index (χ4v) is 9.65. The Balaban J connectivity index is 1.13. The summed E-state index contributed by atoms with van der Waals surface area (Å²) in [6, 6.07) is 57.5. The number of benzene rings is 7. The molecule has 7 aromatic carbocycles. The van der Waals surface area contributed by atoms with Crippen LogP contribution in [0.3, 0.4) is 0 Å². The molecule has 4 nitrogen and oxygen atoms in total. The molecule has 0 spiro atoms. The maximum Gasteiger partial charge on any atom is 0.256 e. The number of aromatic nitrogens is 3. The van der Waals surface area contributed by atoms with Crippen LogP contribution in [0.1, 0.15) is 5.69 Å². The van der Waals surface area contributed by atoms with E-state index in [-0.39, 0.29) is 6.71 Å². The summed E-state index contributed by atoms with van der Waals surface area (Å²) in [4.78, 5) is 0. The van der Waals surface area contributed by atoms with Gasteiger partial charge in [-0.25, -0.2) is 0 Å². The van der Waals surface area contributed by atoms with Gasteiger partial charge in [-0.3, -0.25) is 0 Å². The second kappa shape index (κ2) is 10.4. The summed E-state index contributed by atoms with van der Waals surface area (Å²) in [6.07, 6.45) is 0. The van der Waals surface area contributed by atoms with Gasteiger partial charge < -0.3 is 18.4 Å². The molecular formula is C48H32BN3O. The molecule has 248 valence electrons. The zero-order valence-corrected chi connectivity index (χ0v) is 29.3. The van der Waals surface area contributed by atoms with Crippen molar-refractivity contribution in [1.29, 1.82) is 0 Å². The van der Waals surface area contributed by atoms with Crippen LogP contribution in [0.4, 0.5) is 0 Å². The molecule has 53 heavy (non-hydrogen) atoms. The summed E-state index contributed by atoms with van der Waals surface area (Å²) < 4.78 is 14.1. The predicted molar refractivity (Wildman–Crippen MR) is 221 cm³/mol. The highest BCUT2D eigenvalue weighted by Gasteiger charge is 2.41. The van der Waals surface area contributed by atoms with Crippen LogP contribution in [0.15, 0.2) is 158 Å². The molecule has 0 saturated heterocycles. The summed E-state index contributed by atoms with van der Waals surface area (Å²) in [5, 5.41) is 5.05. The second-order valence-corrected chi connectivity index (χ2v) is 14.6. The monoisotopic (exact) mass is 677 g/mol. The number of hydrogen-bond acceptors (Lipinski definition) is 1. The molecule has 0 N–H and O–H groups in total. The van der Waals surface area contributed by atoms with E-state index in [2.05, 4.69) is 185 Å². The van der Waals surface area contributed by atoms with Gasteiger partial charge in [-0.05, 0) is 89.0 Å². The van der Waals surface area contributed by atoms with Crippen molar-refractivity contribution in [3.63, 3.8) is 0 Å². The van der Waals surface area contributed by atoms with E-state index < -0.39 is 0 Å². The van der Waals surface area contributed by atoms with Crippen LogP contribution < -0.4 is 21.1 Å². The zero-order valence-electron chi connectivity index (χ0n) is 29.3. The fourth-order valence-electron chi connectivity index (χ4n) is 9.65. The Morgan fingerprint density at radius 2 is 1.21 bits per heavy atom. The van der Waals surface area contributed by atoms with Crippen LogP contribution in [-0.4, -0.2) is 20.4 Å². The molecule has 5 heterocycles. The van der Waals surface area contributed by atoms with Gasteiger partial charge in [0, 0.05) is 62.3 Å². The predicted octanol–water partition coefficient (Wildman–Crippen LogP) is 9.80. The maximum absolute atomic E-state index is 6.88. The molecule has 0 atom stereocenters. The summed E-state index contributed by atoms with van der Waals surface area (Å²) in [5.41, 5.74) is 17.0. The largest absolute Gasteiger partial charge is 0.458 e. The lowest BCUT2D eigenvalue weighted by molar-refractivity contribution is 0.487. The van der Waals surface area contributed by atoms with Gasteiger partial charge in [0.2, 0.25) is 0 Å². The summed E-state index contributed by atoms with van der Waals surface area (Å²) in [5.74, 6) is 1.85. The van der Waals surface area contributed by atoms with Crippen molar-refractivity contribution >= 4 is 66.7 Å². The van der Waals surface area contributed by atoms with Crippen molar-refractivity contribution in [3.8, 4) is 45.3 Å². The van der Waals surface area contributed by atoms with Crippen LogP contribution in [0.2, 0.25) is 0 Å². The third kappa shape index (κ3) is 3.81. The summed E-state index contributed by atoms with van der Waals surface area (Å²) >= 11 is 0. The lowest BCUT2D eigenvalue weighted by Gasteiger charge is -2.34. The van der Waals surface area contributed by atoms with Gasteiger partial charge in [0.25, 0.3) is 6.71 Å². The minimum atomic E-state index is 0.0637. The minimum Gasteiger partial charge on any atom is -0.458 e. The summed E-state index contributed by atoms with van der Waals surface area (Å²) in [7, 11) is 2.19. The molecule has 0 bridgehead atoms. The van der Waals surface area contributed by atoms with E-state index >= 15 is 0 Å². The number of nitrogens with zero attached hydrogens (tertiary/aromatic N) is 3. The summed E-state index contributed by atoms with van der Waals surface area (Å²) in [6.45, 7) is 2.35. The van der Waals surface area contributed by atoms with Gasteiger partial charge in [0.1, 0.15) is 11.5 Å². The Hall–Kier alpha value is -6.72. The van der Waals surface area contributed by atoms with Gasteiger partial charge in [0.15, 0.2) is 0 Å². The van der Waals surface area contributed by atoms with Crippen LogP contribution in [0, 0.1) is 6.92 Å². The molecule has 5 heteroatoms. The van der Waals surface area contributed by atoms with Gasteiger partial charge in [-0.2, -0.15) is 0 Å². The molecule has 0 unspecified atom stereocenters. The first-order chi connectivity index (χ1) is 26.1. The SMILES string of the molecule is Cc1c(-c2cc3ccccc3n2C)c2cccc3c2n1-c1cc(-c2cccc(-n4c5ccccc5c5ccccc54)c2)cc2c1B3c1ccccc1O2. The van der Waals surface area contributed by atoms with Crippen molar-refractivity contribution in [2.75, 3.05) is 0 Å². The van der Waals surface area contributed by atoms with Crippen molar-refractivity contribution in [3.05, 3.63) is 163 Å². The maximum atomic E-state index is 6.88. The third-order valence-corrected chi connectivity index (χ3v) is 11.9. The van der Waals surface area contributed by atoms with Gasteiger partial charge in [-0.15, -0.1) is 0 Å². The lowest BCUT2D eigenvalue weighted by atomic mass is 9.34. The number of ether oxygens (including phenoxy) is 1. The molecular weight excluding hydrogens is 645 g/mol. The first-order valence-corrected chi connectivity index (χ1v) is 18.4. The Bertz CT molecular complexity index is 3140. The molecule has 2 aliphatic heterocycles. The topological polar surface area (TPSA) is 24.0 Å². The average molecular weight is 678 g/mol. The van der Waals surface area contributed by atoms with Crippen LogP contribution in [-0.2, 0) is 7.05 Å². The first kappa shape index (κ1) is 28.9. The van der Waals surface area contributed by atoms with E-state index in [0.29, 0.717) is 0 Å². The molecule has 0 aliphatic carbocycles. The number of rotatable bonds is 3. The van der Waals surface area contributed by atoms with E-state index in [1.807, 2.05) is 0 Å². The third-order valence-electron chi connectivity index (χ3n) is 11.9. The minimum absolute atomic E-state index is 0.0637. The quantitative estimate of drug-likeness (QED) is 0.171. The Morgan fingerprint density at radius 3 is 2.02 bits per heavy atom. The number of para-hydroxylation sites is 5. The second-order valence-electron chi connectivity index (χ2n) is 14.6. The van der Waals surface area contributed by atoms with Crippen LogP contribution in [0.25, 0.3) is 77.4 Å². The standard InChI is InChI=1S/C48H32BN3O/c1-29-46(42-26-31-13-3-7-21-39(31)50(42)2)36-18-12-20-38-48(36)51(29)43-27-32(28-45-47(43)49(38)37-19-6-10-24-44(37)53-45)30-14-11-15-33(25-30)52-40-22-8-4-16-34(40)35-17-5-9-23-41(35)52/h3-28H,1-2H3. The van der Waals surface area contributed by atoms with Crippen molar-refractivity contribution in [2.24, 2.45) is 7.05 Å². The van der Waals surface area contributed by atoms with E-state index in [1.54, 1.807) is 0 Å². The molecule has 12 rings (SSSR count). The molecule has 3 aromatic heterocycles. The molecule has 0 radical (unpaired) electrons. The number of fused-ring (bicyclic) bond motifs is 8. The Morgan fingerprint density at radius 1 is 0.528 bits per heavy atom.